The zero-order valence-corrected chi connectivity index (χ0v) is 10.3. The van der Waals surface area contributed by atoms with Gasteiger partial charge in [0.25, 0.3) is 0 Å². The fourth-order valence-electron chi connectivity index (χ4n) is 1.46. The summed E-state index contributed by atoms with van der Waals surface area (Å²) in [4.78, 5) is 0. The summed E-state index contributed by atoms with van der Waals surface area (Å²) in [5.74, 6) is 0. The third-order valence-electron chi connectivity index (χ3n) is 2.43. The molecule has 15 heavy (non-hydrogen) atoms. The van der Waals surface area contributed by atoms with E-state index in [2.05, 4.69) is 6.92 Å². The van der Waals surface area contributed by atoms with Crippen LogP contribution >= 0.6 is 0 Å². The SMILES string of the molecule is [CH2]CCCCCOCCCCCCOC. The van der Waals surface area contributed by atoms with Gasteiger partial charge in [-0.1, -0.05) is 39.0 Å². The van der Waals surface area contributed by atoms with E-state index in [0.29, 0.717) is 0 Å². The molecule has 0 aliphatic rings. The van der Waals surface area contributed by atoms with Gasteiger partial charge in [0.05, 0.1) is 0 Å². The molecule has 2 heteroatoms. The highest BCUT2D eigenvalue weighted by atomic mass is 16.5. The Hall–Kier alpha value is -0.0800. The molecule has 0 aromatic rings. The molecule has 0 aliphatic heterocycles. The van der Waals surface area contributed by atoms with Gasteiger partial charge >= 0.3 is 0 Å². The number of unbranched alkanes of at least 4 members (excludes halogenated alkanes) is 6. The summed E-state index contributed by atoms with van der Waals surface area (Å²) in [6.45, 7) is 6.57. The van der Waals surface area contributed by atoms with Crippen LogP contribution in [-0.4, -0.2) is 26.9 Å². The topological polar surface area (TPSA) is 18.5 Å². The van der Waals surface area contributed by atoms with Crippen LogP contribution < -0.4 is 0 Å². The molecule has 0 fully saturated rings. The third kappa shape index (κ3) is 13.9. The van der Waals surface area contributed by atoms with Gasteiger partial charge < -0.3 is 9.47 Å². The Labute approximate surface area is 95.3 Å². The van der Waals surface area contributed by atoms with Crippen molar-refractivity contribution in [2.75, 3.05) is 26.9 Å². The largest absolute Gasteiger partial charge is 0.385 e. The van der Waals surface area contributed by atoms with Crippen LogP contribution in [0.25, 0.3) is 0 Å². The van der Waals surface area contributed by atoms with Gasteiger partial charge in [0, 0.05) is 26.9 Å². The molecule has 0 bridgehead atoms. The smallest absolute Gasteiger partial charge is 0.0466 e. The van der Waals surface area contributed by atoms with Crippen molar-refractivity contribution in [3.8, 4) is 0 Å². The first-order chi connectivity index (χ1) is 7.41. The van der Waals surface area contributed by atoms with Crippen molar-refractivity contribution in [2.24, 2.45) is 0 Å². The average molecular weight is 215 g/mol. The Morgan fingerprint density at radius 1 is 0.733 bits per heavy atom. The van der Waals surface area contributed by atoms with Crippen LogP contribution in [0.2, 0.25) is 0 Å². The number of rotatable bonds is 12. The molecule has 0 aromatic carbocycles. The number of ether oxygens (including phenoxy) is 2. The normalized spacial score (nSPS) is 10.8. The quantitative estimate of drug-likeness (QED) is 0.463. The van der Waals surface area contributed by atoms with Crippen LogP contribution in [0.5, 0.6) is 0 Å². The van der Waals surface area contributed by atoms with Crippen molar-refractivity contribution < 1.29 is 9.47 Å². The Balaban J connectivity index is 2.81. The van der Waals surface area contributed by atoms with Crippen molar-refractivity contribution in [1.82, 2.24) is 0 Å². The monoisotopic (exact) mass is 215 g/mol. The molecule has 0 amide bonds. The molecule has 0 atom stereocenters. The van der Waals surface area contributed by atoms with Crippen LogP contribution in [0.4, 0.5) is 0 Å². The molecule has 0 saturated heterocycles. The van der Waals surface area contributed by atoms with E-state index >= 15 is 0 Å². The number of hydrogen-bond donors (Lipinski definition) is 0. The van der Waals surface area contributed by atoms with Crippen LogP contribution in [-0.2, 0) is 9.47 Å². The average Bonchev–Trinajstić information content (AvgIpc) is 2.26. The van der Waals surface area contributed by atoms with Gasteiger partial charge in [-0.25, -0.2) is 0 Å². The summed E-state index contributed by atoms with van der Waals surface area (Å²) in [7, 11) is 1.76. The molecular formula is C13H27O2. The fourth-order valence-corrected chi connectivity index (χ4v) is 1.46. The summed E-state index contributed by atoms with van der Waals surface area (Å²) in [5.41, 5.74) is 0. The maximum atomic E-state index is 5.54. The molecule has 91 valence electrons. The van der Waals surface area contributed by atoms with Crippen molar-refractivity contribution >= 4 is 0 Å². The van der Waals surface area contributed by atoms with Crippen molar-refractivity contribution in [3.63, 3.8) is 0 Å². The molecule has 0 heterocycles. The second-order valence-corrected chi connectivity index (χ2v) is 3.93. The van der Waals surface area contributed by atoms with E-state index < -0.39 is 0 Å². The summed E-state index contributed by atoms with van der Waals surface area (Å²) >= 11 is 0. The lowest BCUT2D eigenvalue weighted by Gasteiger charge is -2.04. The van der Waals surface area contributed by atoms with Crippen molar-refractivity contribution in [1.29, 1.82) is 0 Å². The lowest BCUT2D eigenvalue weighted by molar-refractivity contribution is 0.124. The van der Waals surface area contributed by atoms with Gasteiger partial charge in [0.1, 0.15) is 0 Å². The highest BCUT2D eigenvalue weighted by Gasteiger charge is 1.91. The lowest BCUT2D eigenvalue weighted by atomic mass is 10.2. The van der Waals surface area contributed by atoms with Gasteiger partial charge in [-0.05, 0) is 19.3 Å². The van der Waals surface area contributed by atoms with E-state index in [1.165, 1.54) is 44.9 Å². The van der Waals surface area contributed by atoms with E-state index in [0.717, 1.165) is 26.2 Å². The van der Waals surface area contributed by atoms with Gasteiger partial charge in [0.15, 0.2) is 0 Å². The van der Waals surface area contributed by atoms with E-state index in [1.54, 1.807) is 7.11 Å². The Bertz CT molecular complexity index is 92.7. The van der Waals surface area contributed by atoms with Crippen LogP contribution in [0, 0.1) is 6.92 Å². The summed E-state index contributed by atoms with van der Waals surface area (Å²) in [6.07, 6.45) is 9.65. The Kier molecular flexibility index (Phi) is 13.8. The predicted molar refractivity (Wildman–Crippen MR) is 65.0 cm³/mol. The molecule has 1 radical (unpaired) electrons. The van der Waals surface area contributed by atoms with Crippen molar-refractivity contribution in [2.45, 2.75) is 51.4 Å². The maximum absolute atomic E-state index is 5.54. The summed E-state index contributed by atoms with van der Waals surface area (Å²) in [5, 5.41) is 0. The summed E-state index contributed by atoms with van der Waals surface area (Å²) < 4.78 is 10.5. The fraction of sp³-hybridized carbons (Fsp3) is 0.923. The van der Waals surface area contributed by atoms with Gasteiger partial charge in [-0.15, -0.1) is 0 Å². The molecule has 2 nitrogen and oxygen atoms in total. The highest BCUT2D eigenvalue weighted by molar-refractivity contribution is 4.45. The first kappa shape index (κ1) is 14.9. The zero-order chi connectivity index (χ0) is 11.2. The molecular weight excluding hydrogens is 188 g/mol. The van der Waals surface area contributed by atoms with Crippen LogP contribution in [0.15, 0.2) is 0 Å². The highest BCUT2D eigenvalue weighted by Crippen LogP contribution is 2.02. The Morgan fingerprint density at radius 3 is 1.80 bits per heavy atom. The van der Waals surface area contributed by atoms with Gasteiger partial charge in [-0.3, -0.25) is 0 Å². The maximum Gasteiger partial charge on any atom is 0.0466 e. The van der Waals surface area contributed by atoms with Crippen LogP contribution in [0.3, 0.4) is 0 Å². The molecule has 0 N–H and O–H groups in total. The minimum atomic E-state index is 0.895. The predicted octanol–water partition coefficient (Wildman–Crippen LogP) is 3.60. The minimum absolute atomic E-state index is 0.895. The molecule has 0 aliphatic carbocycles. The Morgan fingerprint density at radius 2 is 1.27 bits per heavy atom. The second kappa shape index (κ2) is 13.9. The minimum Gasteiger partial charge on any atom is -0.385 e. The first-order valence-electron chi connectivity index (χ1n) is 6.27. The van der Waals surface area contributed by atoms with E-state index in [-0.39, 0.29) is 0 Å². The molecule has 0 unspecified atom stereocenters. The lowest BCUT2D eigenvalue weighted by Crippen LogP contribution is -1.97. The van der Waals surface area contributed by atoms with Gasteiger partial charge in [-0.2, -0.15) is 0 Å². The van der Waals surface area contributed by atoms with Gasteiger partial charge in [0.2, 0.25) is 0 Å². The molecule has 0 rings (SSSR count). The summed E-state index contributed by atoms with van der Waals surface area (Å²) in [6, 6.07) is 0. The first-order valence-corrected chi connectivity index (χ1v) is 6.27. The molecule has 0 spiro atoms. The zero-order valence-electron chi connectivity index (χ0n) is 10.3. The number of methoxy groups -OCH3 is 1. The molecule has 0 aromatic heterocycles. The third-order valence-corrected chi connectivity index (χ3v) is 2.43. The standard InChI is InChI=1S/C13H27O2/c1-3-4-5-9-12-15-13-10-7-6-8-11-14-2/h1,3-13H2,2H3. The second-order valence-electron chi connectivity index (χ2n) is 3.93. The van der Waals surface area contributed by atoms with E-state index in [4.69, 9.17) is 9.47 Å². The van der Waals surface area contributed by atoms with Crippen molar-refractivity contribution in [3.05, 3.63) is 6.92 Å². The van der Waals surface area contributed by atoms with E-state index in [1.807, 2.05) is 0 Å². The molecule has 0 saturated carbocycles. The van der Waals surface area contributed by atoms with E-state index in [9.17, 15) is 0 Å². The van der Waals surface area contributed by atoms with Crippen LogP contribution in [0.1, 0.15) is 51.4 Å². The number of hydrogen-bond acceptors (Lipinski definition) is 2.